The molecule has 0 spiro atoms. The third kappa shape index (κ3) is 9590. The average molecular weight is 446 g/mol. The first-order valence-electron chi connectivity index (χ1n) is 0.167. The second-order valence-electron chi connectivity index (χ2n) is 0. The summed E-state index contributed by atoms with van der Waals surface area (Å²) in [6.07, 6.45) is 0. The fraction of sp³-hybridized carbons (Fsp3) is 1.00. The van der Waals surface area contributed by atoms with Gasteiger partial charge in [0.1, 0.15) is 0 Å². The molecule has 0 atom stereocenters. The van der Waals surface area contributed by atoms with Gasteiger partial charge in [-0.05, 0) is 0 Å². The van der Waals surface area contributed by atoms with Crippen molar-refractivity contribution >= 4 is 0 Å². The Morgan fingerprint density at radius 2 is 0.423 bits per heavy atom. The molecule has 0 saturated heterocycles. The second kappa shape index (κ2) is 10800. The average Bonchev–Trinajstić information content (AvgIpc) is 1.00. The van der Waals surface area contributed by atoms with E-state index in [-0.39, 0.29) is 224 Å². The summed E-state index contributed by atoms with van der Waals surface area (Å²) in [5, 5.41) is 0. The molecule has 0 fully saturated rings. The summed E-state index contributed by atoms with van der Waals surface area (Å²) in [4.78, 5) is 14.0. The molecule has 0 saturated carbocycles. The summed E-state index contributed by atoms with van der Waals surface area (Å²) in [5.74, 6) is 0. The smallest absolute Gasteiger partial charge is 1.00 e. The van der Waals surface area contributed by atoms with Gasteiger partial charge in [-0.2, -0.15) is 0 Å². The van der Waals surface area contributed by atoms with E-state index in [1.54, 1.807) is 0 Å². The van der Waals surface area contributed by atoms with Crippen molar-refractivity contribution in [2.24, 2.45) is 0 Å². The van der Waals surface area contributed by atoms with Crippen molar-refractivity contribution in [1.29, 1.82) is 0 Å². The molecule has 0 heterocycles. The Morgan fingerprint density at radius 1 is 0.423 bits per heavy atom. The van der Waals surface area contributed by atoms with Gasteiger partial charge in [0, 0.05) is 17.5 Å². The quantitative estimate of drug-likeness (QED) is 0.516. The van der Waals surface area contributed by atoms with Crippen LogP contribution in [-0.4, -0.2) is 5.48 Å². The van der Waals surface area contributed by atoms with Crippen LogP contribution in [0.1, 0.15) is 149 Å². The van der Waals surface area contributed by atoms with Crippen LogP contribution in [-0.2, 0) is 0 Å². The topological polar surface area (TPSA) is 64.1 Å². The maximum absolute atomic E-state index is 7.00. The Labute approximate surface area is 233 Å². The van der Waals surface area contributed by atoms with Crippen molar-refractivity contribution < 1.29 is 89.9 Å². The molecule has 0 aromatic carbocycles. The fourth-order valence-electron chi connectivity index (χ4n) is 0. The Morgan fingerprint density at radius 3 is 0.423 bits per heavy atom. The van der Waals surface area contributed by atoms with Crippen molar-refractivity contribution in [3.8, 4) is 0 Å². The monoisotopic (exact) mass is 445 g/mol. The van der Waals surface area contributed by atoms with E-state index in [1.165, 1.54) is 0 Å². The Balaban J connectivity index is -0.00000000000840. The van der Waals surface area contributed by atoms with Gasteiger partial charge in [0.2, 0.25) is 0 Å². The molecule has 0 radical (unpaired) electrons. The van der Waals surface area contributed by atoms with E-state index in [4.69, 9.17) is 9.93 Å². The minimum absolute atomic E-state index is 0. The molecule has 0 aliphatic rings. The van der Waals surface area contributed by atoms with E-state index < -0.39 is 0 Å². The summed E-state index contributed by atoms with van der Waals surface area (Å²) in [7, 11) is 0. The van der Waals surface area contributed by atoms with E-state index in [0.29, 0.717) is 0 Å². The molecule has 184 valence electrons. The van der Waals surface area contributed by atoms with Crippen LogP contribution in [0.2, 0.25) is 0 Å². The van der Waals surface area contributed by atoms with Gasteiger partial charge in [-0.15, -0.1) is 0 Å². The Hall–Kier alpha value is 1.24. The van der Waals surface area contributed by atoms with Crippen LogP contribution >= 0.6 is 0 Å². The molecule has 0 aliphatic carbocycles. The summed E-state index contributed by atoms with van der Waals surface area (Å²) >= 11 is 0. The van der Waals surface area contributed by atoms with Crippen LogP contribution in [0.5, 0.6) is 0 Å². The van der Waals surface area contributed by atoms with Gasteiger partial charge in [0.25, 0.3) is 0 Å². The van der Waals surface area contributed by atoms with Gasteiger partial charge in [-0.1, -0.05) is 134 Å². The van der Waals surface area contributed by atoms with Crippen LogP contribution < -0.4 is 62.5 Å². The van der Waals surface area contributed by atoms with Crippen molar-refractivity contribution in [3.05, 3.63) is 9.93 Å². The van der Waals surface area contributed by atoms with Crippen molar-refractivity contribution in [1.82, 2.24) is 0 Å². The zero-order valence-electron chi connectivity index (χ0n) is 14.7. The molecule has 3 nitrogen and oxygen atoms in total. The number of rotatable bonds is 0. The largest absolute Gasteiger partial charge is 1.00 e. The second-order valence-corrected chi connectivity index (χ2v) is 0. The van der Waals surface area contributed by atoms with Crippen LogP contribution in [0, 0.1) is 16.1 Å². The zero-order valence-corrected chi connectivity index (χ0v) is 6.24. The van der Waals surface area contributed by atoms with Gasteiger partial charge in [0.15, 0.2) is 0 Å². The molecule has 0 aromatic heterocycles. The number of hydrogen-bond donors (Lipinski definition) is 0. The number of hydrogen-bond acceptors (Lipinski definition) is 3. The molecule has 26 heavy (non-hydrogen) atoms. The summed E-state index contributed by atoms with van der Waals surface area (Å²) in [5.41, 5.74) is 0. The molecule has 0 aliphatic heterocycles. The maximum atomic E-state index is 7.00. The molecular weight excluding hydrogens is 352 g/mol. The normalized spacial score (nSPS) is 0.154. The third-order valence-electron chi connectivity index (χ3n) is 0. The molecule has 8 heteroatoms. The van der Waals surface area contributed by atoms with Crippen LogP contribution in [0.25, 0.3) is 0 Å². The van der Waals surface area contributed by atoms with Gasteiger partial charge in [-0.3, -0.25) is 0 Å². The molecule has 0 unspecified atom stereocenters. The maximum Gasteiger partial charge on any atom is 1.00 e. The molecule has 0 aromatic rings. The van der Waals surface area contributed by atoms with Crippen LogP contribution in [0.3, 0.4) is 0 Å². The summed E-state index contributed by atoms with van der Waals surface area (Å²) in [6.45, 7) is 0. The summed E-state index contributed by atoms with van der Waals surface area (Å²) in [6, 6.07) is 0. The van der Waals surface area contributed by atoms with Gasteiger partial charge in [-0.25, -0.2) is 0 Å². The standard InChI is InChI=1S/18CH4.2ClH.He.2Li.O2.H2O.H2/c;;;;;;;;;;;;;;;;;;;;;;;1-2;;/h18*1H4;2*1H;;;;;1H2;1H/q;;;;;;;;;;;;;;;;;;;;;2*+1;;;/p+7/i;;;;;;;;;;;;;;;;;;;;1+0;1-1;;;;/hTD6. The van der Waals surface area contributed by atoms with Crippen molar-refractivity contribution in [3.63, 3.8) is 0 Å². The molecule has 1 N–H and O–H groups in total. The fourth-order valence-corrected chi connectivity index (χ4v) is 0. The zero-order chi connectivity index (χ0) is 2.00. The molecular formula is C18H85Cl2HeLi2O3+9. The van der Waals surface area contributed by atoms with E-state index in [9.17, 15) is 0 Å². The van der Waals surface area contributed by atoms with E-state index in [0.717, 1.165) is 0 Å². The predicted octanol–water partition coefficient (Wildman–Crippen LogP) is 0.727. The van der Waals surface area contributed by atoms with E-state index >= 15 is 0 Å². The van der Waals surface area contributed by atoms with Crippen LogP contribution in [0.15, 0.2) is 0 Å². The minimum Gasteiger partial charge on any atom is -1.00 e. The van der Waals surface area contributed by atoms with Gasteiger partial charge in [0.05, 0.1) is 0 Å². The Bertz CT molecular complexity index is 70.9. The summed E-state index contributed by atoms with van der Waals surface area (Å²) < 4.78 is 0. The first-order chi connectivity index (χ1) is 1.00. The van der Waals surface area contributed by atoms with E-state index in [2.05, 4.69) is 0 Å². The Kier molecular flexibility index (Phi) is 1550000. The third-order valence-corrected chi connectivity index (χ3v) is 0. The van der Waals surface area contributed by atoms with Crippen LogP contribution in [0.4, 0.5) is 0 Å². The SMILES string of the molecule is C.C.C.C.C.C.C.C.C.C.C.C.C.C.C.C.C.C.O=O.[2H+].[2H+].[2H+].[2H+].[2H+].[2H+].[3H+].[4He].[6Li+].[Cl-].[Cl-].[H+].[H+].[H+].[HH].[Li+].[OH-]. The molecule has 0 amide bonds. The van der Waals surface area contributed by atoms with Crippen molar-refractivity contribution in [2.45, 2.75) is 134 Å². The number of halogens is 2. The van der Waals surface area contributed by atoms with Gasteiger partial charge >= 0.3 is 52.0 Å². The molecule has 0 bridgehead atoms. The first kappa shape index (κ1) is 3730. The van der Waals surface area contributed by atoms with Crippen molar-refractivity contribution in [2.75, 3.05) is 0 Å². The first-order valence-corrected chi connectivity index (χ1v) is 0.167. The minimum atomic E-state index is 0. The predicted molar refractivity (Wildman–Crippen MR) is 143 cm³/mol. The van der Waals surface area contributed by atoms with E-state index in [1.807, 2.05) is 0 Å². The molecule has 0 rings (SSSR count). The van der Waals surface area contributed by atoms with Gasteiger partial charge < -0.3 is 30.3 Å².